The van der Waals surface area contributed by atoms with Gasteiger partial charge in [0.1, 0.15) is 23.4 Å². The van der Waals surface area contributed by atoms with Crippen molar-refractivity contribution in [3.05, 3.63) is 83.2 Å². The van der Waals surface area contributed by atoms with E-state index in [2.05, 4.69) is 30.9 Å². The number of anilines is 1. The number of aromatic nitrogens is 3. The van der Waals surface area contributed by atoms with Gasteiger partial charge in [-0.1, -0.05) is 18.2 Å². The SMILES string of the molecule is C[C@H](NC(=O)c1c[nH]c2c(C(=O)NCc3ccc4c(c3)NC(=O)CO4)ncnc12)c1ccc(F)cc1. The quantitative estimate of drug-likeness (QED) is 0.329. The number of fused-ring (bicyclic) bond motifs is 2. The van der Waals surface area contributed by atoms with Crippen LogP contribution in [0.3, 0.4) is 0 Å². The van der Waals surface area contributed by atoms with Gasteiger partial charge in [-0.2, -0.15) is 0 Å². The number of H-pyrrole nitrogens is 1. The van der Waals surface area contributed by atoms with E-state index in [0.29, 0.717) is 22.5 Å². The number of aromatic amines is 1. The lowest BCUT2D eigenvalue weighted by Gasteiger charge is -2.18. The summed E-state index contributed by atoms with van der Waals surface area (Å²) in [5.41, 5.74) is 2.98. The van der Waals surface area contributed by atoms with Crippen LogP contribution in [-0.2, 0) is 11.3 Å². The number of benzene rings is 2. The first-order valence-electron chi connectivity index (χ1n) is 11.1. The summed E-state index contributed by atoms with van der Waals surface area (Å²) < 4.78 is 18.5. The maximum absolute atomic E-state index is 13.2. The van der Waals surface area contributed by atoms with Crippen LogP contribution in [0.15, 0.2) is 55.0 Å². The normalized spacial score (nSPS) is 13.3. The van der Waals surface area contributed by atoms with Gasteiger partial charge in [0.25, 0.3) is 17.7 Å². The lowest BCUT2D eigenvalue weighted by atomic mass is 10.1. The second kappa shape index (κ2) is 9.45. The Labute approximate surface area is 204 Å². The van der Waals surface area contributed by atoms with Crippen molar-refractivity contribution in [1.82, 2.24) is 25.6 Å². The molecular weight excluding hydrogens is 467 g/mol. The summed E-state index contributed by atoms with van der Waals surface area (Å²) in [4.78, 5) is 48.5. The average Bonchev–Trinajstić information content (AvgIpc) is 3.32. The number of nitrogens with zero attached hydrogens (tertiary/aromatic N) is 2. The molecule has 3 amide bonds. The minimum Gasteiger partial charge on any atom is -0.482 e. The van der Waals surface area contributed by atoms with Crippen LogP contribution in [-0.4, -0.2) is 39.3 Å². The van der Waals surface area contributed by atoms with Gasteiger partial charge in [-0.25, -0.2) is 14.4 Å². The maximum atomic E-state index is 13.2. The molecule has 0 saturated heterocycles. The number of ether oxygens (including phenoxy) is 1. The Hall–Kier alpha value is -4.80. The molecule has 0 saturated carbocycles. The Morgan fingerprint density at radius 3 is 2.75 bits per heavy atom. The molecule has 3 heterocycles. The van der Waals surface area contributed by atoms with Crippen molar-refractivity contribution in [2.45, 2.75) is 19.5 Å². The summed E-state index contributed by atoms with van der Waals surface area (Å²) in [5, 5.41) is 8.37. The van der Waals surface area contributed by atoms with E-state index in [1.807, 2.05) is 0 Å². The first-order valence-corrected chi connectivity index (χ1v) is 11.1. The average molecular weight is 488 g/mol. The molecule has 10 nitrogen and oxygen atoms in total. The van der Waals surface area contributed by atoms with Crippen LogP contribution < -0.4 is 20.7 Å². The van der Waals surface area contributed by atoms with Crippen molar-refractivity contribution in [2.24, 2.45) is 0 Å². The highest BCUT2D eigenvalue weighted by atomic mass is 19.1. The van der Waals surface area contributed by atoms with E-state index in [9.17, 15) is 18.8 Å². The molecule has 36 heavy (non-hydrogen) atoms. The standard InChI is InChI=1S/C25H21FN6O4/c1-13(15-3-5-16(26)6-4-15)31-24(34)17-10-27-22-21(17)29-12-30-23(22)25(35)28-9-14-2-7-19-18(8-14)32-20(33)11-36-19/h2-8,10,12-13,27H,9,11H2,1H3,(H,28,35)(H,31,34)(H,32,33)/t13-/m0/s1. The largest absolute Gasteiger partial charge is 0.482 e. The molecule has 2 aromatic carbocycles. The lowest BCUT2D eigenvalue weighted by Crippen LogP contribution is -2.27. The fraction of sp³-hybridized carbons (Fsp3) is 0.160. The molecule has 182 valence electrons. The highest BCUT2D eigenvalue weighted by molar-refractivity contribution is 6.10. The fourth-order valence-corrected chi connectivity index (χ4v) is 3.90. The van der Waals surface area contributed by atoms with Gasteiger partial charge >= 0.3 is 0 Å². The van der Waals surface area contributed by atoms with Crippen LogP contribution in [0, 0.1) is 5.82 Å². The zero-order chi connectivity index (χ0) is 25.2. The predicted molar refractivity (Wildman–Crippen MR) is 128 cm³/mol. The van der Waals surface area contributed by atoms with Gasteiger partial charge in [0.2, 0.25) is 0 Å². The van der Waals surface area contributed by atoms with Crippen LogP contribution in [0.4, 0.5) is 10.1 Å². The molecule has 0 radical (unpaired) electrons. The Morgan fingerprint density at radius 2 is 1.94 bits per heavy atom. The smallest absolute Gasteiger partial charge is 0.272 e. The molecule has 0 bridgehead atoms. The fourth-order valence-electron chi connectivity index (χ4n) is 3.90. The Kier molecular flexibility index (Phi) is 6.03. The van der Waals surface area contributed by atoms with Crippen molar-refractivity contribution < 1.29 is 23.5 Å². The summed E-state index contributed by atoms with van der Waals surface area (Å²) >= 11 is 0. The summed E-state index contributed by atoms with van der Waals surface area (Å²) in [6.07, 6.45) is 2.69. The monoisotopic (exact) mass is 488 g/mol. The van der Waals surface area contributed by atoms with E-state index < -0.39 is 11.8 Å². The van der Waals surface area contributed by atoms with Crippen LogP contribution in [0.1, 0.15) is 44.9 Å². The van der Waals surface area contributed by atoms with E-state index in [1.165, 1.54) is 24.7 Å². The molecular formula is C25H21FN6O4. The molecule has 1 atom stereocenters. The third-order valence-electron chi connectivity index (χ3n) is 5.77. The molecule has 1 aliphatic rings. The third-order valence-corrected chi connectivity index (χ3v) is 5.77. The first-order chi connectivity index (χ1) is 17.4. The van der Waals surface area contributed by atoms with Crippen LogP contribution in [0.2, 0.25) is 0 Å². The van der Waals surface area contributed by atoms with Crippen LogP contribution in [0.5, 0.6) is 5.75 Å². The molecule has 0 fully saturated rings. The summed E-state index contributed by atoms with van der Waals surface area (Å²) in [6, 6.07) is 10.7. The Bertz CT molecular complexity index is 1480. The van der Waals surface area contributed by atoms with Gasteiger partial charge in [-0.15, -0.1) is 0 Å². The minimum atomic E-state index is -0.464. The third kappa shape index (κ3) is 4.58. The highest BCUT2D eigenvalue weighted by Gasteiger charge is 2.21. The van der Waals surface area contributed by atoms with Gasteiger partial charge in [0.15, 0.2) is 12.3 Å². The predicted octanol–water partition coefficient (Wildman–Crippen LogP) is 2.85. The van der Waals surface area contributed by atoms with Gasteiger partial charge in [-0.05, 0) is 42.3 Å². The highest BCUT2D eigenvalue weighted by Crippen LogP contribution is 2.28. The minimum absolute atomic E-state index is 0.0336. The summed E-state index contributed by atoms with van der Waals surface area (Å²) in [7, 11) is 0. The van der Waals surface area contributed by atoms with E-state index >= 15 is 0 Å². The number of amides is 3. The van der Waals surface area contributed by atoms with Crippen molar-refractivity contribution >= 4 is 34.4 Å². The summed E-state index contributed by atoms with van der Waals surface area (Å²) in [5.74, 6) is -0.905. The van der Waals surface area contributed by atoms with Crippen molar-refractivity contribution in [2.75, 3.05) is 11.9 Å². The molecule has 1 aliphatic heterocycles. The molecule has 11 heteroatoms. The van der Waals surface area contributed by atoms with E-state index in [4.69, 9.17) is 4.74 Å². The Morgan fingerprint density at radius 1 is 1.14 bits per heavy atom. The molecule has 4 aromatic rings. The zero-order valence-corrected chi connectivity index (χ0v) is 19.1. The molecule has 0 aliphatic carbocycles. The number of hydrogen-bond acceptors (Lipinski definition) is 6. The number of carbonyl (C=O) groups is 3. The molecule has 5 rings (SSSR count). The number of carbonyl (C=O) groups excluding carboxylic acids is 3. The second-order valence-corrected chi connectivity index (χ2v) is 8.24. The van der Waals surface area contributed by atoms with Gasteiger partial charge < -0.3 is 25.7 Å². The van der Waals surface area contributed by atoms with Gasteiger partial charge in [-0.3, -0.25) is 14.4 Å². The summed E-state index contributed by atoms with van der Waals surface area (Å²) in [6.45, 7) is 1.93. The number of halogens is 1. The molecule has 2 aromatic heterocycles. The molecule has 4 N–H and O–H groups in total. The number of nitrogens with one attached hydrogen (secondary N) is 4. The Balaban J connectivity index is 1.30. The second-order valence-electron chi connectivity index (χ2n) is 8.24. The molecule has 0 spiro atoms. The number of rotatable bonds is 6. The van der Waals surface area contributed by atoms with Crippen molar-refractivity contribution in [1.29, 1.82) is 0 Å². The van der Waals surface area contributed by atoms with E-state index in [0.717, 1.165) is 11.1 Å². The van der Waals surface area contributed by atoms with Crippen LogP contribution in [0.25, 0.3) is 11.0 Å². The first kappa shape index (κ1) is 23.0. The van der Waals surface area contributed by atoms with E-state index in [1.54, 1.807) is 37.3 Å². The maximum Gasteiger partial charge on any atom is 0.272 e. The lowest BCUT2D eigenvalue weighted by molar-refractivity contribution is -0.118. The van der Waals surface area contributed by atoms with Gasteiger partial charge in [0.05, 0.1) is 22.8 Å². The van der Waals surface area contributed by atoms with Crippen molar-refractivity contribution in [3.63, 3.8) is 0 Å². The van der Waals surface area contributed by atoms with Crippen LogP contribution >= 0.6 is 0 Å². The zero-order valence-electron chi connectivity index (χ0n) is 19.1. The van der Waals surface area contributed by atoms with Crippen molar-refractivity contribution in [3.8, 4) is 5.75 Å². The van der Waals surface area contributed by atoms with E-state index in [-0.39, 0.29) is 42.2 Å². The van der Waals surface area contributed by atoms with Gasteiger partial charge in [0, 0.05) is 12.7 Å². The topological polar surface area (TPSA) is 138 Å². The molecule has 0 unspecified atom stereocenters. The number of hydrogen-bond donors (Lipinski definition) is 4.